The monoisotopic (exact) mass is 378 g/mol. The highest BCUT2D eigenvalue weighted by atomic mass is 32.2. The lowest BCUT2D eigenvalue weighted by molar-refractivity contribution is -0.131. The Hall–Kier alpha value is -2.50. The van der Waals surface area contributed by atoms with Crippen molar-refractivity contribution in [3.63, 3.8) is 0 Å². The minimum absolute atomic E-state index is 0.0202. The molecule has 1 amide bonds. The number of sulfone groups is 1. The Morgan fingerprint density at radius 3 is 2.73 bits per heavy atom. The van der Waals surface area contributed by atoms with Crippen molar-refractivity contribution in [2.24, 2.45) is 0 Å². The summed E-state index contributed by atoms with van der Waals surface area (Å²) in [5.74, 6) is 5.33. The molecule has 1 heterocycles. The lowest BCUT2D eigenvalue weighted by atomic mass is 10.1. The van der Waals surface area contributed by atoms with E-state index in [0.717, 1.165) is 17.2 Å². The first kappa shape index (κ1) is 19.8. The Balaban J connectivity index is 2.22. The SMILES string of the molecule is CC#CCOc1ccc2c(ccn2CC[C@](C)(C(=O)NO)S(C)(=O)=O)c1. The van der Waals surface area contributed by atoms with Crippen LogP contribution in [0.25, 0.3) is 10.9 Å². The molecule has 1 aromatic heterocycles. The molecule has 0 fully saturated rings. The van der Waals surface area contributed by atoms with E-state index in [1.807, 2.05) is 35.0 Å². The van der Waals surface area contributed by atoms with Crippen LogP contribution in [-0.4, -0.2) is 41.7 Å². The van der Waals surface area contributed by atoms with Crippen LogP contribution in [-0.2, 0) is 21.2 Å². The number of hydrogen-bond donors (Lipinski definition) is 2. The first-order chi connectivity index (χ1) is 12.2. The zero-order valence-electron chi connectivity index (χ0n) is 14.9. The van der Waals surface area contributed by atoms with Crippen molar-refractivity contribution in [3.8, 4) is 17.6 Å². The van der Waals surface area contributed by atoms with Crippen molar-refractivity contribution in [2.75, 3.05) is 12.9 Å². The zero-order chi connectivity index (χ0) is 19.4. The van der Waals surface area contributed by atoms with E-state index in [-0.39, 0.29) is 6.42 Å². The van der Waals surface area contributed by atoms with Gasteiger partial charge < -0.3 is 9.30 Å². The van der Waals surface area contributed by atoms with Crippen LogP contribution in [0, 0.1) is 11.8 Å². The maximum Gasteiger partial charge on any atom is 0.264 e. The number of hydrogen-bond acceptors (Lipinski definition) is 5. The highest BCUT2D eigenvalue weighted by Gasteiger charge is 2.43. The number of ether oxygens (including phenoxy) is 1. The predicted octanol–water partition coefficient (Wildman–Crippen LogP) is 1.74. The van der Waals surface area contributed by atoms with E-state index >= 15 is 0 Å². The molecule has 0 spiro atoms. The maximum absolute atomic E-state index is 12.0. The molecule has 2 N–H and O–H groups in total. The van der Waals surface area contributed by atoms with Gasteiger partial charge in [-0.2, -0.15) is 0 Å². The number of fused-ring (bicyclic) bond motifs is 1. The summed E-state index contributed by atoms with van der Waals surface area (Å²) in [6.45, 7) is 3.65. The first-order valence-corrected chi connectivity index (χ1v) is 9.87. The van der Waals surface area contributed by atoms with Crippen LogP contribution in [0.3, 0.4) is 0 Å². The van der Waals surface area contributed by atoms with Crippen LogP contribution >= 0.6 is 0 Å². The van der Waals surface area contributed by atoms with Gasteiger partial charge in [0.25, 0.3) is 5.91 Å². The molecule has 1 aromatic carbocycles. The summed E-state index contributed by atoms with van der Waals surface area (Å²) in [6.07, 6.45) is 2.82. The molecular formula is C18H22N2O5S. The van der Waals surface area contributed by atoms with Gasteiger partial charge in [0, 0.05) is 29.9 Å². The van der Waals surface area contributed by atoms with Gasteiger partial charge in [-0.15, -0.1) is 5.92 Å². The Morgan fingerprint density at radius 2 is 2.12 bits per heavy atom. The fourth-order valence-electron chi connectivity index (χ4n) is 2.57. The molecule has 1 atom stereocenters. The van der Waals surface area contributed by atoms with Gasteiger partial charge in [-0.25, -0.2) is 13.9 Å². The Bertz CT molecular complexity index is 968. The van der Waals surface area contributed by atoms with Crippen molar-refractivity contribution in [2.45, 2.75) is 31.6 Å². The first-order valence-electron chi connectivity index (χ1n) is 7.98. The van der Waals surface area contributed by atoms with E-state index in [9.17, 15) is 13.2 Å². The van der Waals surface area contributed by atoms with Gasteiger partial charge in [-0.1, -0.05) is 5.92 Å². The van der Waals surface area contributed by atoms with Crippen LogP contribution in [0.5, 0.6) is 5.75 Å². The van der Waals surface area contributed by atoms with Crippen LogP contribution in [0.4, 0.5) is 0 Å². The third kappa shape index (κ3) is 4.00. The number of rotatable bonds is 7. The van der Waals surface area contributed by atoms with Crippen molar-refractivity contribution in [1.29, 1.82) is 0 Å². The van der Waals surface area contributed by atoms with Crippen LogP contribution in [0.2, 0.25) is 0 Å². The molecule has 0 radical (unpaired) electrons. The molecule has 0 bridgehead atoms. The molecule has 26 heavy (non-hydrogen) atoms. The third-order valence-corrected chi connectivity index (χ3v) is 6.49. The molecule has 2 rings (SSSR count). The number of carbonyl (C=O) groups is 1. The lowest BCUT2D eigenvalue weighted by Crippen LogP contribution is -2.49. The second kappa shape index (κ2) is 7.81. The molecule has 8 heteroatoms. The van der Waals surface area contributed by atoms with Gasteiger partial charge in [-0.3, -0.25) is 10.0 Å². The number of carbonyl (C=O) groups excluding carboxylic acids is 1. The average Bonchev–Trinajstić information content (AvgIpc) is 3.00. The largest absolute Gasteiger partial charge is 0.481 e. The third-order valence-electron chi connectivity index (χ3n) is 4.46. The van der Waals surface area contributed by atoms with Crippen LogP contribution in [0.15, 0.2) is 30.5 Å². The molecule has 140 valence electrons. The molecule has 2 aromatic rings. The highest BCUT2D eigenvalue weighted by Crippen LogP contribution is 2.26. The average molecular weight is 378 g/mol. The van der Waals surface area contributed by atoms with Crippen molar-refractivity contribution < 1.29 is 23.2 Å². The number of nitrogens with zero attached hydrogens (tertiary/aromatic N) is 1. The molecule has 0 aliphatic rings. The quantitative estimate of drug-likeness (QED) is 0.434. The van der Waals surface area contributed by atoms with Gasteiger partial charge in [0.2, 0.25) is 0 Å². The maximum atomic E-state index is 12.0. The van der Waals surface area contributed by atoms with Crippen molar-refractivity contribution in [1.82, 2.24) is 10.0 Å². The summed E-state index contributed by atoms with van der Waals surface area (Å²) in [7, 11) is -3.72. The number of nitrogens with one attached hydrogen (secondary N) is 1. The topological polar surface area (TPSA) is 97.6 Å². The van der Waals surface area contributed by atoms with Crippen molar-refractivity contribution >= 4 is 26.6 Å². The number of aromatic nitrogens is 1. The summed E-state index contributed by atoms with van der Waals surface area (Å²) in [5, 5.41) is 9.82. The van der Waals surface area contributed by atoms with Crippen LogP contribution in [0.1, 0.15) is 20.3 Å². The molecule has 7 nitrogen and oxygen atoms in total. The standard InChI is InChI=1S/C18H22N2O5S/c1-4-5-12-25-15-6-7-16-14(13-15)8-10-20(16)11-9-18(2,17(21)19-22)26(3,23)24/h6-8,10,13,22H,9,11-12H2,1-3H3,(H,19,21)/t18-/m1/s1. The molecule has 0 unspecified atom stereocenters. The second-order valence-electron chi connectivity index (χ2n) is 6.14. The number of benzene rings is 1. The van der Waals surface area contributed by atoms with Gasteiger partial charge in [-0.05, 0) is 44.5 Å². The fourth-order valence-corrected chi connectivity index (χ4v) is 3.42. The predicted molar refractivity (Wildman–Crippen MR) is 98.7 cm³/mol. The summed E-state index contributed by atoms with van der Waals surface area (Å²) < 4.78 is 29.7. The van der Waals surface area contributed by atoms with E-state index in [1.165, 1.54) is 12.4 Å². The summed E-state index contributed by atoms with van der Waals surface area (Å²) >= 11 is 0. The molecule has 0 aliphatic carbocycles. The number of hydroxylamine groups is 1. The minimum atomic E-state index is -3.72. The lowest BCUT2D eigenvalue weighted by Gasteiger charge is -2.25. The van der Waals surface area contributed by atoms with E-state index in [4.69, 9.17) is 9.94 Å². The second-order valence-corrected chi connectivity index (χ2v) is 8.58. The number of aryl methyl sites for hydroxylation is 1. The molecule has 0 saturated carbocycles. The van der Waals surface area contributed by atoms with Gasteiger partial charge in [0.1, 0.15) is 12.4 Å². The highest BCUT2D eigenvalue weighted by molar-refractivity contribution is 7.92. The van der Waals surface area contributed by atoms with E-state index in [0.29, 0.717) is 18.9 Å². The van der Waals surface area contributed by atoms with Gasteiger partial charge in [0.15, 0.2) is 14.6 Å². The molecular weight excluding hydrogens is 356 g/mol. The Labute approximate surface area is 152 Å². The summed E-state index contributed by atoms with van der Waals surface area (Å²) in [5.41, 5.74) is 2.34. The minimum Gasteiger partial charge on any atom is -0.481 e. The van der Waals surface area contributed by atoms with E-state index < -0.39 is 20.5 Å². The van der Waals surface area contributed by atoms with Crippen LogP contribution < -0.4 is 10.2 Å². The Morgan fingerprint density at radius 1 is 1.38 bits per heavy atom. The number of amides is 1. The molecule has 0 aliphatic heterocycles. The summed E-state index contributed by atoms with van der Waals surface area (Å²) in [4.78, 5) is 11.9. The summed E-state index contributed by atoms with van der Waals surface area (Å²) in [6, 6.07) is 7.44. The van der Waals surface area contributed by atoms with Gasteiger partial charge >= 0.3 is 0 Å². The normalized spacial score (nSPS) is 13.5. The van der Waals surface area contributed by atoms with Crippen molar-refractivity contribution in [3.05, 3.63) is 30.5 Å². The van der Waals surface area contributed by atoms with E-state index in [2.05, 4.69) is 11.8 Å². The molecule has 0 saturated heterocycles. The fraction of sp³-hybridized carbons (Fsp3) is 0.389. The van der Waals surface area contributed by atoms with Gasteiger partial charge in [0.05, 0.1) is 0 Å². The smallest absolute Gasteiger partial charge is 0.264 e. The zero-order valence-corrected chi connectivity index (χ0v) is 15.8. The van der Waals surface area contributed by atoms with E-state index in [1.54, 1.807) is 6.92 Å². The Kier molecular flexibility index (Phi) is 5.95.